The molecule has 0 saturated carbocycles. The van der Waals surface area contributed by atoms with Crippen molar-refractivity contribution in [1.82, 2.24) is 10.3 Å². The van der Waals surface area contributed by atoms with E-state index in [9.17, 15) is 4.79 Å². The smallest absolute Gasteiger partial charge is 0.270 e. The standard InChI is InChI=1S/C17H20N2O4S/c1-21-12-4-6-13(7-5-12)23-10-16-19-15(11-24-16)17(20)18-9-14-3-2-8-22-14/h4-7,11,14H,2-3,8-10H2,1H3,(H,18,20)/t14-/m0/s1. The van der Waals surface area contributed by atoms with E-state index in [0.717, 1.165) is 36.0 Å². The fraction of sp³-hybridized carbons (Fsp3) is 0.412. The molecule has 0 unspecified atom stereocenters. The van der Waals surface area contributed by atoms with Gasteiger partial charge in [0.05, 0.1) is 13.2 Å². The number of nitrogens with one attached hydrogen (secondary N) is 1. The van der Waals surface area contributed by atoms with E-state index in [4.69, 9.17) is 14.2 Å². The Morgan fingerprint density at radius 3 is 2.88 bits per heavy atom. The first kappa shape index (κ1) is 16.7. The quantitative estimate of drug-likeness (QED) is 0.833. The summed E-state index contributed by atoms with van der Waals surface area (Å²) in [5.74, 6) is 1.34. The summed E-state index contributed by atoms with van der Waals surface area (Å²) in [6.45, 7) is 1.65. The van der Waals surface area contributed by atoms with Crippen molar-refractivity contribution in [3.63, 3.8) is 0 Å². The Balaban J connectivity index is 1.48. The number of carbonyl (C=O) groups is 1. The number of carbonyl (C=O) groups excluding carboxylic acids is 1. The van der Waals surface area contributed by atoms with E-state index in [1.54, 1.807) is 12.5 Å². The van der Waals surface area contributed by atoms with Gasteiger partial charge in [0.1, 0.15) is 28.8 Å². The highest BCUT2D eigenvalue weighted by molar-refractivity contribution is 7.09. The Labute approximate surface area is 144 Å². The van der Waals surface area contributed by atoms with E-state index in [-0.39, 0.29) is 12.0 Å². The molecule has 1 fully saturated rings. The number of benzene rings is 1. The number of hydrogen-bond donors (Lipinski definition) is 1. The molecule has 0 spiro atoms. The van der Waals surface area contributed by atoms with Gasteiger partial charge in [-0.1, -0.05) is 0 Å². The van der Waals surface area contributed by atoms with E-state index in [1.807, 2.05) is 24.3 Å². The van der Waals surface area contributed by atoms with Gasteiger partial charge >= 0.3 is 0 Å². The Hall–Kier alpha value is -2.12. The Bertz CT molecular complexity index is 665. The van der Waals surface area contributed by atoms with Gasteiger partial charge < -0.3 is 19.5 Å². The maximum absolute atomic E-state index is 12.1. The lowest BCUT2D eigenvalue weighted by Crippen LogP contribution is -2.31. The van der Waals surface area contributed by atoms with Gasteiger partial charge in [-0.05, 0) is 37.1 Å². The fourth-order valence-electron chi connectivity index (χ4n) is 2.40. The molecule has 1 N–H and O–H groups in total. The number of hydrogen-bond acceptors (Lipinski definition) is 6. The molecule has 0 bridgehead atoms. The molecule has 0 aliphatic carbocycles. The van der Waals surface area contributed by atoms with E-state index in [2.05, 4.69) is 10.3 Å². The lowest BCUT2D eigenvalue weighted by Gasteiger charge is -2.09. The molecule has 1 aromatic heterocycles. The lowest BCUT2D eigenvalue weighted by molar-refractivity contribution is 0.0854. The van der Waals surface area contributed by atoms with E-state index in [1.165, 1.54) is 11.3 Å². The molecule has 128 valence electrons. The van der Waals surface area contributed by atoms with Crippen molar-refractivity contribution in [3.8, 4) is 11.5 Å². The summed E-state index contributed by atoms with van der Waals surface area (Å²) in [5.41, 5.74) is 0.423. The zero-order chi connectivity index (χ0) is 16.8. The zero-order valence-electron chi connectivity index (χ0n) is 13.5. The summed E-state index contributed by atoms with van der Waals surface area (Å²) in [7, 11) is 1.62. The van der Waals surface area contributed by atoms with Crippen molar-refractivity contribution in [2.45, 2.75) is 25.6 Å². The van der Waals surface area contributed by atoms with Crippen LogP contribution >= 0.6 is 11.3 Å². The third-order valence-corrected chi connectivity index (χ3v) is 4.54. The number of amides is 1. The summed E-state index contributed by atoms with van der Waals surface area (Å²) in [5, 5.41) is 5.37. The van der Waals surface area contributed by atoms with Crippen LogP contribution in [0.2, 0.25) is 0 Å². The molecule has 3 rings (SSSR count). The van der Waals surface area contributed by atoms with Gasteiger partial charge in [0.15, 0.2) is 0 Å². The number of rotatable bonds is 7. The van der Waals surface area contributed by atoms with Crippen LogP contribution < -0.4 is 14.8 Å². The molecule has 1 amide bonds. The van der Waals surface area contributed by atoms with Gasteiger partial charge in [-0.15, -0.1) is 11.3 Å². The highest BCUT2D eigenvalue weighted by Gasteiger charge is 2.17. The monoisotopic (exact) mass is 348 g/mol. The second-order valence-electron chi connectivity index (χ2n) is 5.44. The largest absolute Gasteiger partial charge is 0.497 e. The Morgan fingerprint density at radius 1 is 1.38 bits per heavy atom. The highest BCUT2D eigenvalue weighted by atomic mass is 32.1. The first-order valence-electron chi connectivity index (χ1n) is 7.85. The number of methoxy groups -OCH3 is 1. The molecule has 2 heterocycles. The summed E-state index contributed by atoms with van der Waals surface area (Å²) >= 11 is 1.41. The minimum Gasteiger partial charge on any atom is -0.497 e. The third-order valence-electron chi connectivity index (χ3n) is 3.72. The molecule has 0 radical (unpaired) electrons. The minimum atomic E-state index is -0.169. The van der Waals surface area contributed by atoms with Crippen molar-refractivity contribution in [3.05, 3.63) is 40.3 Å². The second kappa shape index (κ2) is 8.12. The zero-order valence-corrected chi connectivity index (χ0v) is 14.3. The topological polar surface area (TPSA) is 69.7 Å². The van der Waals surface area contributed by atoms with Crippen molar-refractivity contribution in [2.24, 2.45) is 0 Å². The molecular weight excluding hydrogens is 328 g/mol. The first-order valence-corrected chi connectivity index (χ1v) is 8.73. The Kier molecular flexibility index (Phi) is 5.66. The van der Waals surface area contributed by atoms with Crippen LogP contribution in [0.3, 0.4) is 0 Å². The predicted octanol–water partition coefficient (Wildman–Crippen LogP) is 2.64. The highest BCUT2D eigenvalue weighted by Crippen LogP contribution is 2.19. The number of ether oxygens (including phenoxy) is 3. The van der Waals surface area contributed by atoms with Crippen LogP contribution in [-0.2, 0) is 11.3 Å². The molecule has 1 aliphatic rings. The van der Waals surface area contributed by atoms with Gasteiger partial charge in [-0.2, -0.15) is 0 Å². The second-order valence-corrected chi connectivity index (χ2v) is 6.38. The lowest BCUT2D eigenvalue weighted by atomic mass is 10.2. The maximum Gasteiger partial charge on any atom is 0.270 e. The summed E-state index contributed by atoms with van der Waals surface area (Å²) in [4.78, 5) is 16.4. The van der Waals surface area contributed by atoms with Gasteiger partial charge in [0.25, 0.3) is 5.91 Å². The summed E-state index contributed by atoms with van der Waals surface area (Å²) in [6, 6.07) is 7.34. The summed E-state index contributed by atoms with van der Waals surface area (Å²) in [6.07, 6.45) is 2.19. The van der Waals surface area contributed by atoms with Crippen LogP contribution in [0.5, 0.6) is 11.5 Å². The molecule has 7 heteroatoms. The van der Waals surface area contributed by atoms with Crippen LogP contribution in [0, 0.1) is 0 Å². The third kappa shape index (κ3) is 4.46. The van der Waals surface area contributed by atoms with Gasteiger partial charge in [0.2, 0.25) is 0 Å². The fourth-order valence-corrected chi connectivity index (χ4v) is 3.09. The number of thiazole rings is 1. The normalized spacial score (nSPS) is 16.8. The molecule has 2 aromatic rings. The van der Waals surface area contributed by atoms with Crippen LogP contribution in [0.1, 0.15) is 28.3 Å². The van der Waals surface area contributed by atoms with Gasteiger partial charge in [-0.25, -0.2) is 4.98 Å². The maximum atomic E-state index is 12.1. The van der Waals surface area contributed by atoms with Gasteiger partial charge in [-0.3, -0.25) is 4.79 Å². The van der Waals surface area contributed by atoms with E-state index < -0.39 is 0 Å². The van der Waals surface area contributed by atoms with Crippen LogP contribution in [-0.4, -0.2) is 37.3 Å². The van der Waals surface area contributed by atoms with Crippen molar-refractivity contribution < 1.29 is 19.0 Å². The molecule has 6 nitrogen and oxygen atoms in total. The van der Waals surface area contributed by atoms with Crippen LogP contribution in [0.15, 0.2) is 29.6 Å². The van der Waals surface area contributed by atoms with Crippen molar-refractivity contribution in [2.75, 3.05) is 20.3 Å². The average Bonchev–Trinajstić information content (AvgIpc) is 3.30. The van der Waals surface area contributed by atoms with Gasteiger partial charge in [0, 0.05) is 18.5 Å². The first-order chi connectivity index (χ1) is 11.7. The van der Waals surface area contributed by atoms with Crippen molar-refractivity contribution in [1.29, 1.82) is 0 Å². The predicted molar refractivity (Wildman–Crippen MR) is 90.7 cm³/mol. The molecule has 1 atom stereocenters. The van der Waals surface area contributed by atoms with E-state index >= 15 is 0 Å². The van der Waals surface area contributed by atoms with Crippen molar-refractivity contribution >= 4 is 17.2 Å². The van der Waals surface area contributed by atoms with E-state index in [0.29, 0.717) is 18.8 Å². The molecule has 1 aromatic carbocycles. The van der Waals surface area contributed by atoms with Crippen LogP contribution in [0.25, 0.3) is 0 Å². The molecule has 1 saturated heterocycles. The minimum absolute atomic E-state index is 0.130. The Morgan fingerprint density at radius 2 is 2.17 bits per heavy atom. The average molecular weight is 348 g/mol. The molecular formula is C17H20N2O4S. The molecule has 24 heavy (non-hydrogen) atoms. The molecule has 1 aliphatic heterocycles. The number of nitrogens with zero attached hydrogens (tertiary/aromatic N) is 1. The number of aromatic nitrogens is 1. The van der Waals surface area contributed by atoms with Crippen LogP contribution in [0.4, 0.5) is 0 Å². The SMILES string of the molecule is COc1ccc(OCc2nc(C(=O)NC[C@@H]3CCCO3)cs2)cc1. The summed E-state index contributed by atoms with van der Waals surface area (Å²) < 4.78 is 16.3.